The molecule has 1 unspecified atom stereocenters. The summed E-state index contributed by atoms with van der Waals surface area (Å²) < 4.78 is 9.87. The van der Waals surface area contributed by atoms with E-state index in [-0.39, 0.29) is 17.9 Å². The van der Waals surface area contributed by atoms with Crippen molar-refractivity contribution in [2.75, 3.05) is 13.2 Å². The Balaban J connectivity index is 0. The molecule has 0 saturated heterocycles. The molecule has 0 heterocycles. The fourth-order valence-electron chi connectivity index (χ4n) is 1.70. The van der Waals surface area contributed by atoms with Gasteiger partial charge in [0.15, 0.2) is 0 Å². The van der Waals surface area contributed by atoms with Gasteiger partial charge in [-0.25, -0.2) is 0 Å². The SMILES string of the molecule is CCCCCC(=O)OCCC.CCCOC(=O)C(C)CCC. The van der Waals surface area contributed by atoms with Crippen LogP contribution in [0, 0.1) is 5.92 Å². The molecule has 0 radical (unpaired) electrons. The van der Waals surface area contributed by atoms with Crippen LogP contribution >= 0.6 is 0 Å². The summed E-state index contributed by atoms with van der Waals surface area (Å²) in [4.78, 5) is 21.9. The maximum Gasteiger partial charge on any atom is 0.308 e. The number of rotatable bonds is 11. The van der Waals surface area contributed by atoms with Gasteiger partial charge in [-0.15, -0.1) is 0 Å². The van der Waals surface area contributed by atoms with Crippen molar-refractivity contribution in [2.45, 2.75) is 86.0 Å². The lowest BCUT2D eigenvalue weighted by Gasteiger charge is -2.08. The summed E-state index contributed by atoms with van der Waals surface area (Å²) in [6, 6.07) is 0. The summed E-state index contributed by atoms with van der Waals surface area (Å²) in [6.07, 6.45) is 7.64. The van der Waals surface area contributed by atoms with Gasteiger partial charge in [-0.05, 0) is 25.7 Å². The predicted molar refractivity (Wildman–Crippen MR) is 90.7 cm³/mol. The zero-order valence-corrected chi connectivity index (χ0v) is 15.3. The molecule has 0 fully saturated rings. The minimum atomic E-state index is -0.0475. The molecule has 0 aromatic rings. The van der Waals surface area contributed by atoms with Crippen molar-refractivity contribution in [1.29, 1.82) is 0 Å². The molecule has 0 aromatic carbocycles. The number of hydrogen-bond donors (Lipinski definition) is 0. The smallest absolute Gasteiger partial charge is 0.308 e. The number of esters is 2. The molecule has 0 aromatic heterocycles. The van der Waals surface area contributed by atoms with Crippen LogP contribution in [0.2, 0.25) is 0 Å². The molecular weight excluding hydrogens is 280 g/mol. The van der Waals surface area contributed by atoms with E-state index in [0.717, 1.165) is 44.9 Å². The zero-order valence-electron chi connectivity index (χ0n) is 15.3. The highest BCUT2D eigenvalue weighted by Gasteiger charge is 2.11. The Morgan fingerprint density at radius 2 is 1.41 bits per heavy atom. The van der Waals surface area contributed by atoms with Crippen molar-refractivity contribution in [3.05, 3.63) is 0 Å². The van der Waals surface area contributed by atoms with E-state index in [1.165, 1.54) is 0 Å². The Bertz CT molecular complexity index is 264. The number of carbonyl (C=O) groups is 2. The van der Waals surface area contributed by atoms with Crippen molar-refractivity contribution in [2.24, 2.45) is 5.92 Å². The Labute approximate surface area is 136 Å². The summed E-state index contributed by atoms with van der Waals surface area (Å²) in [5.41, 5.74) is 0. The summed E-state index contributed by atoms with van der Waals surface area (Å²) in [7, 11) is 0. The quantitative estimate of drug-likeness (QED) is 0.402. The van der Waals surface area contributed by atoms with Gasteiger partial charge in [-0.3, -0.25) is 9.59 Å². The van der Waals surface area contributed by atoms with E-state index in [1.54, 1.807) is 0 Å². The number of carbonyl (C=O) groups excluding carboxylic acids is 2. The Hall–Kier alpha value is -1.06. The van der Waals surface area contributed by atoms with Gasteiger partial charge >= 0.3 is 11.9 Å². The third-order valence-electron chi connectivity index (χ3n) is 3.02. The van der Waals surface area contributed by atoms with E-state index in [4.69, 9.17) is 9.47 Å². The molecule has 132 valence electrons. The second-order valence-electron chi connectivity index (χ2n) is 5.53. The molecule has 4 heteroatoms. The highest BCUT2D eigenvalue weighted by atomic mass is 16.5. The van der Waals surface area contributed by atoms with Crippen LogP contribution < -0.4 is 0 Å². The molecule has 0 rings (SSSR count). The van der Waals surface area contributed by atoms with Crippen LogP contribution in [0.25, 0.3) is 0 Å². The zero-order chi connectivity index (χ0) is 17.2. The first kappa shape index (κ1) is 23.2. The monoisotopic (exact) mass is 316 g/mol. The summed E-state index contributed by atoms with van der Waals surface area (Å²) in [6.45, 7) is 11.2. The predicted octanol–water partition coefficient (Wildman–Crippen LogP) is 4.90. The number of hydrogen-bond acceptors (Lipinski definition) is 4. The van der Waals surface area contributed by atoms with E-state index < -0.39 is 0 Å². The van der Waals surface area contributed by atoms with Crippen molar-refractivity contribution < 1.29 is 19.1 Å². The summed E-state index contributed by atoms with van der Waals surface area (Å²) >= 11 is 0. The fraction of sp³-hybridized carbons (Fsp3) is 0.889. The first-order valence-electron chi connectivity index (χ1n) is 8.85. The van der Waals surface area contributed by atoms with Crippen molar-refractivity contribution in [3.8, 4) is 0 Å². The fourth-order valence-corrected chi connectivity index (χ4v) is 1.70. The van der Waals surface area contributed by atoms with Gasteiger partial charge in [0.1, 0.15) is 0 Å². The van der Waals surface area contributed by atoms with Gasteiger partial charge in [-0.1, -0.05) is 53.9 Å². The second-order valence-corrected chi connectivity index (χ2v) is 5.53. The Kier molecular flexibility index (Phi) is 19.0. The molecule has 0 N–H and O–H groups in total. The van der Waals surface area contributed by atoms with Crippen molar-refractivity contribution >= 4 is 11.9 Å². The molecule has 0 saturated carbocycles. The molecule has 0 aliphatic heterocycles. The Morgan fingerprint density at radius 1 is 0.818 bits per heavy atom. The largest absolute Gasteiger partial charge is 0.466 e. The van der Waals surface area contributed by atoms with Crippen LogP contribution in [0.1, 0.15) is 86.0 Å². The maximum atomic E-state index is 11.1. The van der Waals surface area contributed by atoms with Gasteiger partial charge < -0.3 is 9.47 Å². The van der Waals surface area contributed by atoms with Crippen molar-refractivity contribution in [3.63, 3.8) is 0 Å². The lowest BCUT2D eigenvalue weighted by Crippen LogP contribution is -2.14. The molecule has 0 amide bonds. The third kappa shape index (κ3) is 17.0. The van der Waals surface area contributed by atoms with Crippen LogP contribution in [0.3, 0.4) is 0 Å². The van der Waals surface area contributed by atoms with Gasteiger partial charge in [0, 0.05) is 6.42 Å². The molecule has 0 aliphatic rings. The second kappa shape index (κ2) is 18.0. The van der Waals surface area contributed by atoms with E-state index in [9.17, 15) is 9.59 Å². The van der Waals surface area contributed by atoms with Gasteiger partial charge in [0.25, 0.3) is 0 Å². The van der Waals surface area contributed by atoms with E-state index in [0.29, 0.717) is 19.6 Å². The summed E-state index contributed by atoms with van der Waals surface area (Å²) in [5.74, 6) is -0.0134. The number of ether oxygens (including phenoxy) is 2. The first-order valence-corrected chi connectivity index (χ1v) is 8.85. The minimum Gasteiger partial charge on any atom is -0.466 e. The minimum absolute atomic E-state index is 0.0414. The Morgan fingerprint density at radius 3 is 1.91 bits per heavy atom. The molecule has 4 nitrogen and oxygen atoms in total. The summed E-state index contributed by atoms with van der Waals surface area (Å²) in [5, 5.41) is 0. The van der Waals surface area contributed by atoms with Gasteiger partial charge in [-0.2, -0.15) is 0 Å². The maximum absolute atomic E-state index is 11.1. The molecule has 22 heavy (non-hydrogen) atoms. The highest BCUT2D eigenvalue weighted by Crippen LogP contribution is 2.06. The lowest BCUT2D eigenvalue weighted by atomic mass is 10.1. The average molecular weight is 316 g/mol. The van der Waals surface area contributed by atoms with Crippen LogP contribution in [-0.2, 0) is 19.1 Å². The van der Waals surface area contributed by atoms with Crippen molar-refractivity contribution in [1.82, 2.24) is 0 Å². The molecule has 0 bridgehead atoms. The topological polar surface area (TPSA) is 52.6 Å². The van der Waals surface area contributed by atoms with Crippen LogP contribution in [0.5, 0.6) is 0 Å². The van der Waals surface area contributed by atoms with E-state index in [1.807, 2.05) is 20.8 Å². The van der Waals surface area contributed by atoms with Crippen LogP contribution in [-0.4, -0.2) is 25.2 Å². The average Bonchev–Trinajstić information content (AvgIpc) is 2.51. The molecular formula is C18H36O4. The number of unbranched alkanes of at least 4 members (excludes halogenated alkanes) is 2. The van der Waals surface area contributed by atoms with Gasteiger partial charge in [0.2, 0.25) is 0 Å². The van der Waals surface area contributed by atoms with Crippen LogP contribution in [0.15, 0.2) is 0 Å². The van der Waals surface area contributed by atoms with Crippen LogP contribution in [0.4, 0.5) is 0 Å². The first-order chi connectivity index (χ1) is 10.5. The van der Waals surface area contributed by atoms with E-state index in [2.05, 4.69) is 13.8 Å². The van der Waals surface area contributed by atoms with E-state index >= 15 is 0 Å². The lowest BCUT2D eigenvalue weighted by molar-refractivity contribution is -0.148. The standard InChI is InChI=1S/2C9H18O2/c1-4-6-8(3)9(10)11-7-5-2;1-3-5-6-7-9(10)11-8-4-2/h8H,4-7H2,1-3H3;3-8H2,1-2H3. The normalized spacial score (nSPS) is 11.1. The highest BCUT2D eigenvalue weighted by molar-refractivity contribution is 5.71. The van der Waals surface area contributed by atoms with Gasteiger partial charge in [0.05, 0.1) is 19.1 Å². The third-order valence-corrected chi connectivity index (χ3v) is 3.02. The molecule has 0 aliphatic carbocycles. The molecule has 1 atom stereocenters. The molecule has 0 spiro atoms.